The van der Waals surface area contributed by atoms with Crippen molar-refractivity contribution in [2.45, 2.75) is 25.9 Å². The van der Waals surface area contributed by atoms with Gasteiger partial charge in [-0.25, -0.2) is 0 Å². The maximum Gasteiger partial charge on any atom is 0.221 e. The Kier molecular flexibility index (Phi) is 4.18. The van der Waals surface area contributed by atoms with E-state index in [1.165, 1.54) is 0 Å². The zero-order valence-electron chi connectivity index (χ0n) is 8.12. The van der Waals surface area contributed by atoms with Crippen LogP contribution in [0.2, 0.25) is 0 Å². The lowest BCUT2D eigenvalue weighted by Gasteiger charge is -2.21. The molecule has 0 radical (unpaired) electrons. The van der Waals surface area contributed by atoms with E-state index in [1.54, 1.807) is 0 Å². The van der Waals surface area contributed by atoms with Crippen LogP contribution < -0.4 is 5.32 Å². The third-order valence-corrected chi connectivity index (χ3v) is 2.35. The minimum absolute atomic E-state index is 0.119. The molecule has 13 heavy (non-hydrogen) atoms. The van der Waals surface area contributed by atoms with Crippen LogP contribution in [0.25, 0.3) is 0 Å². The molecule has 0 bridgehead atoms. The van der Waals surface area contributed by atoms with Crippen LogP contribution in [-0.4, -0.2) is 48.2 Å². The Bertz CT molecular complexity index is 173. The summed E-state index contributed by atoms with van der Waals surface area (Å²) in [4.78, 5) is 13.1. The van der Waals surface area contributed by atoms with Gasteiger partial charge in [0.15, 0.2) is 0 Å². The lowest BCUT2D eigenvalue weighted by molar-refractivity contribution is -0.120. The Morgan fingerprint density at radius 3 is 3.08 bits per heavy atom. The molecule has 1 aliphatic rings. The summed E-state index contributed by atoms with van der Waals surface area (Å²) in [5, 5.41) is 12.2. The Morgan fingerprint density at radius 1 is 1.62 bits per heavy atom. The molecule has 0 aromatic heterocycles. The van der Waals surface area contributed by atoms with Gasteiger partial charge in [0.25, 0.3) is 0 Å². The lowest BCUT2D eigenvalue weighted by atomic mass is 10.2. The van der Waals surface area contributed by atoms with Gasteiger partial charge >= 0.3 is 0 Å². The number of aliphatic hydroxyl groups excluding tert-OH is 1. The Labute approximate surface area is 78.9 Å². The van der Waals surface area contributed by atoms with Crippen LogP contribution in [0.1, 0.15) is 19.8 Å². The van der Waals surface area contributed by atoms with E-state index in [9.17, 15) is 9.90 Å². The molecule has 1 rings (SSSR count). The molecular formula is C9H18N2O2. The molecule has 1 saturated heterocycles. The molecule has 1 fully saturated rings. The van der Waals surface area contributed by atoms with Gasteiger partial charge in [0.1, 0.15) is 0 Å². The van der Waals surface area contributed by atoms with Gasteiger partial charge in [-0.3, -0.25) is 9.69 Å². The summed E-state index contributed by atoms with van der Waals surface area (Å²) in [6.45, 7) is 4.97. The van der Waals surface area contributed by atoms with Crippen molar-refractivity contribution >= 4 is 5.91 Å². The van der Waals surface area contributed by atoms with Crippen LogP contribution in [0.15, 0.2) is 0 Å². The third kappa shape index (κ3) is 3.74. The van der Waals surface area contributed by atoms with Crippen LogP contribution in [0, 0.1) is 0 Å². The standard InChI is InChI=1S/C9H18N2O2/c1-2-8(12)7-11-5-3-9(13)10-4-6-11/h8,12H,2-7H2,1H3,(H,10,13)/t8-/m0/s1. The van der Waals surface area contributed by atoms with Gasteiger partial charge in [0, 0.05) is 32.6 Å². The minimum atomic E-state index is -0.256. The normalized spacial score (nSPS) is 22.2. The Balaban J connectivity index is 2.29. The molecule has 1 aliphatic heterocycles. The number of aliphatic hydroxyl groups is 1. The van der Waals surface area contributed by atoms with E-state index in [0.29, 0.717) is 19.5 Å². The van der Waals surface area contributed by atoms with Crippen molar-refractivity contribution < 1.29 is 9.90 Å². The largest absolute Gasteiger partial charge is 0.392 e. The highest BCUT2D eigenvalue weighted by Crippen LogP contribution is 2.00. The van der Waals surface area contributed by atoms with Gasteiger partial charge in [-0.05, 0) is 6.42 Å². The van der Waals surface area contributed by atoms with Gasteiger partial charge in [-0.1, -0.05) is 6.92 Å². The molecule has 0 aromatic carbocycles. The predicted octanol–water partition coefficient (Wildman–Crippen LogP) is -0.421. The molecule has 0 aromatic rings. The molecule has 76 valence electrons. The highest BCUT2D eigenvalue weighted by atomic mass is 16.3. The quantitative estimate of drug-likeness (QED) is 0.629. The summed E-state index contributed by atoms with van der Waals surface area (Å²) in [5.41, 5.74) is 0. The molecule has 1 atom stereocenters. The summed E-state index contributed by atoms with van der Waals surface area (Å²) in [6.07, 6.45) is 1.07. The predicted molar refractivity (Wildman–Crippen MR) is 50.4 cm³/mol. The maximum atomic E-state index is 11.0. The summed E-state index contributed by atoms with van der Waals surface area (Å²) >= 11 is 0. The number of β-amino-alcohol motifs (C(OH)–C–C–N with tert-alkyl or cyclic N) is 1. The molecule has 4 heteroatoms. The van der Waals surface area contributed by atoms with E-state index < -0.39 is 0 Å². The fourth-order valence-corrected chi connectivity index (χ4v) is 1.42. The number of carbonyl (C=O) groups excluding carboxylic acids is 1. The van der Waals surface area contributed by atoms with Crippen LogP contribution in [0.5, 0.6) is 0 Å². The molecule has 0 unspecified atom stereocenters. The zero-order valence-corrected chi connectivity index (χ0v) is 8.12. The highest BCUT2D eigenvalue weighted by molar-refractivity contribution is 5.76. The fourth-order valence-electron chi connectivity index (χ4n) is 1.42. The summed E-state index contributed by atoms with van der Waals surface area (Å²) < 4.78 is 0. The molecule has 4 nitrogen and oxygen atoms in total. The average Bonchev–Trinajstić information content (AvgIpc) is 2.31. The first-order valence-electron chi connectivity index (χ1n) is 4.89. The molecule has 1 amide bonds. The van der Waals surface area contributed by atoms with Gasteiger partial charge in [-0.2, -0.15) is 0 Å². The van der Waals surface area contributed by atoms with Crippen molar-refractivity contribution in [3.8, 4) is 0 Å². The summed E-state index contributed by atoms with van der Waals surface area (Å²) in [5.74, 6) is 0.119. The van der Waals surface area contributed by atoms with E-state index in [2.05, 4.69) is 10.2 Å². The van der Waals surface area contributed by atoms with Crippen LogP contribution in [0.3, 0.4) is 0 Å². The Morgan fingerprint density at radius 2 is 2.38 bits per heavy atom. The molecule has 2 N–H and O–H groups in total. The van der Waals surface area contributed by atoms with Crippen LogP contribution >= 0.6 is 0 Å². The van der Waals surface area contributed by atoms with Crippen molar-refractivity contribution in [2.24, 2.45) is 0 Å². The van der Waals surface area contributed by atoms with Gasteiger partial charge < -0.3 is 10.4 Å². The van der Waals surface area contributed by atoms with Gasteiger partial charge in [0.05, 0.1) is 6.10 Å². The monoisotopic (exact) mass is 186 g/mol. The van der Waals surface area contributed by atoms with Crippen molar-refractivity contribution in [1.29, 1.82) is 0 Å². The minimum Gasteiger partial charge on any atom is -0.392 e. The number of amides is 1. The third-order valence-electron chi connectivity index (χ3n) is 2.35. The van der Waals surface area contributed by atoms with Crippen LogP contribution in [0.4, 0.5) is 0 Å². The van der Waals surface area contributed by atoms with E-state index in [0.717, 1.165) is 19.5 Å². The summed E-state index contributed by atoms with van der Waals surface area (Å²) in [7, 11) is 0. The van der Waals surface area contributed by atoms with E-state index in [1.807, 2.05) is 6.92 Å². The number of rotatable bonds is 3. The SMILES string of the molecule is CC[C@H](O)CN1CCNC(=O)CC1. The number of carbonyl (C=O) groups is 1. The molecule has 0 spiro atoms. The first-order valence-corrected chi connectivity index (χ1v) is 4.89. The topological polar surface area (TPSA) is 52.6 Å². The molecule has 1 heterocycles. The average molecular weight is 186 g/mol. The van der Waals surface area contributed by atoms with Crippen molar-refractivity contribution in [3.05, 3.63) is 0 Å². The lowest BCUT2D eigenvalue weighted by Crippen LogP contribution is -2.34. The second-order valence-electron chi connectivity index (χ2n) is 3.46. The van der Waals surface area contributed by atoms with E-state index in [-0.39, 0.29) is 12.0 Å². The summed E-state index contributed by atoms with van der Waals surface area (Å²) in [6, 6.07) is 0. The number of nitrogens with zero attached hydrogens (tertiary/aromatic N) is 1. The van der Waals surface area contributed by atoms with E-state index >= 15 is 0 Å². The number of hydrogen-bond acceptors (Lipinski definition) is 3. The molecule has 0 saturated carbocycles. The second kappa shape index (κ2) is 5.19. The number of nitrogens with one attached hydrogen (secondary N) is 1. The highest BCUT2D eigenvalue weighted by Gasteiger charge is 2.15. The first-order chi connectivity index (χ1) is 6.22. The smallest absolute Gasteiger partial charge is 0.221 e. The van der Waals surface area contributed by atoms with Gasteiger partial charge in [0.2, 0.25) is 5.91 Å². The van der Waals surface area contributed by atoms with Gasteiger partial charge in [-0.15, -0.1) is 0 Å². The van der Waals surface area contributed by atoms with Crippen molar-refractivity contribution in [2.75, 3.05) is 26.2 Å². The molecular weight excluding hydrogens is 168 g/mol. The van der Waals surface area contributed by atoms with E-state index in [4.69, 9.17) is 0 Å². The molecule has 0 aliphatic carbocycles. The Hall–Kier alpha value is -0.610. The number of hydrogen-bond donors (Lipinski definition) is 2. The second-order valence-corrected chi connectivity index (χ2v) is 3.46. The van der Waals surface area contributed by atoms with Crippen molar-refractivity contribution in [3.63, 3.8) is 0 Å². The fraction of sp³-hybridized carbons (Fsp3) is 0.889. The zero-order chi connectivity index (χ0) is 9.68. The van der Waals surface area contributed by atoms with Crippen LogP contribution in [-0.2, 0) is 4.79 Å². The maximum absolute atomic E-state index is 11.0. The van der Waals surface area contributed by atoms with Crippen molar-refractivity contribution in [1.82, 2.24) is 10.2 Å². The first kappa shape index (κ1) is 10.5.